The van der Waals surface area contributed by atoms with Crippen LogP contribution in [0.3, 0.4) is 0 Å². The average Bonchev–Trinajstić information content (AvgIpc) is 3.30. The summed E-state index contributed by atoms with van der Waals surface area (Å²) in [4.78, 5) is 16.6. The first-order chi connectivity index (χ1) is 19.2. The number of aromatic nitrogens is 2. The molecule has 4 aromatic rings. The van der Waals surface area contributed by atoms with E-state index in [0.717, 1.165) is 42.9 Å². The van der Waals surface area contributed by atoms with Gasteiger partial charge in [0.15, 0.2) is 11.6 Å². The van der Waals surface area contributed by atoms with Crippen LogP contribution in [0.15, 0.2) is 60.7 Å². The van der Waals surface area contributed by atoms with Gasteiger partial charge in [-0.3, -0.25) is 0 Å². The molecule has 1 aliphatic rings. The first-order valence-electron chi connectivity index (χ1n) is 13.6. The van der Waals surface area contributed by atoms with E-state index >= 15 is 0 Å². The maximum Gasteiger partial charge on any atom is 0.337 e. The number of carbonyl (C=O) groups is 1. The van der Waals surface area contributed by atoms with Crippen LogP contribution in [-0.4, -0.2) is 28.2 Å². The average molecular weight is 567 g/mol. The summed E-state index contributed by atoms with van der Waals surface area (Å²) in [7, 11) is 1.35. The van der Waals surface area contributed by atoms with Gasteiger partial charge in [0.2, 0.25) is 0 Å². The molecule has 1 heterocycles. The van der Waals surface area contributed by atoms with Gasteiger partial charge < -0.3 is 14.0 Å². The molecule has 1 aromatic heterocycles. The van der Waals surface area contributed by atoms with Crippen LogP contribution in [0.25, 0.3) is 22.4 Å². The van der Waals surface area contributed by atoms with Gasteiger partial charge >= 0.3 is 5.97 Å². The number of esters is 1. The third kappa shape index (κ3) is 5.77. The number of nitrogens with zero attached hydrogens (tertiary/aromatic N) is 2. The Kier molecular flexibility index (Phi) is 8.24. The van der Waals surface area contributed by atoms with E-state index in [2.05, 4.69) is 4.57 Å². The zero-order valence-corrected chi connectivity index (χ0v) is 23.7. The van der Waals surface area contributed by atoms with Gasteiger partial charge in [-0.25, -0.2) is 18.6 Å². The number of hydrogen-bond acceptors (Lipinski definition) is 4. The molecule has 0 bridgehead atoms. The molecule has 0 saturated heterocycles. The van der Waals surface area contributed by atoms with Crippen LogP contribution >= 0.6 is 11.6 Å². The number of hydrogen-bond donors (Lipinski definition) is 0. The molecule has 1 fully saturated rings. The van der Waals surface area contributed by atoms with E-state index in [1.54, 1.807) is 24.3 Å². The second kappa shape index (κ2) is 11.7. The molecule has 210 valence electrons. The second-order valence-corrected chi connectivity index (χ2v) is 11.4. The van der Waals surface area contributed by atoms with E-state index in [9.17, 15) is 13.6 Å². The topological polar surface area (TPSA) is 53.4 Å². The maximum atomic E-state index is 14.7. The Bertz CT molecular complexity index is 1490. The van der Waals surface area contributed by atoms with E-state index in [-0.39, 0.29) is 12.0 Å². The number of halogens is 3. The van der Waals surface area contributed by atoms with Crippen LogP contribution in [0.4, 0.5) is 8.78 Å². The highest BCUT2D eigenvalue weighted by Crippen LogP contribution is 2.45. The summed E-state index contributed by atoms with van der Waals surface area (Å²) in [6.07, 6.45) is 5.35. The highest BCUT2D eigenvalue weighted by Gasteiger charge is 2.41. The van der Waals surface area contributed by atoms with E-state index in [1.165, 1.54) is 19.6 Å². The summed E-state index contributed by atoms with van der Waals surface area (Å²) >= 11 is 6.18. The van der Waals surface area contributed by atoms with Crippen molar-refractivity contribution < 1.29 is 23.0 Å². The first-order valence-corrected chi connectivity index (χ1v) is 14.0. The fourth-order valence-electron chi connectivity index (χ4n) is 5.92. The van der Waals surface area contributed by atoms with Gasteiger partial charge in [0, 0.05) is 22.7 Å². The van der Waals surface area contributed by atoms with Crippen molar-refractivity contribution in [3.05, 3.63) is 88.4 Å². The molecule has 1 saturated carbocycles. The molecule has 0 N–H and O–H groups in total. The van der Waals surface area contributed by atoms with E-state index in [1.807, 2.05) is 38.1 Å². The minimum absolute atomic E-state index is 0.220. The summed E-state index contributed by atoms with van der Waals surface area (Å²) in [5, 5.41) is 0.592. The fraction of sp³-hybridized carbons (Fsp3) is 0.375. The van der Waals surface area contributed by atoms with Crippen LogP contribution in [0, 0.1) is 17.6 Å². The molecule has 1 aliphatic carbocycles. The Morgan fingerprint density at radius 1 is 1.02 bits per heavy atom. The van der Waals surface area contributed by atoms with Gasteiger partial charge in [0.25, 0.3) is 0 Å². The molecule has 0 spiro atoms. The van der Waals surface area contributed by atoms with Gasteiger partial charge in [-0.05, 0) is 74.6 Å². The Morgan fingerprint density at radius 3 is 2.33 bits per heavy atom. The van der Waals surface area contributed by atoms with Crippen LogP contribution in [-0.2, 0) is 16.1 Å². The van der Waals surface area contributed by atoms with Gasteiger partial charge in [0.05, 0.1) is 42.0 Å². The predicted molar refractivity (Wildman–Crippen MR) is 152 cm³/mol. The Hall–Kier alpha value is -3.29. The maximum absolute atomic E-state index is 14.7. The number of rotatable bonds is 8. The van der Waals surface area contributed by atoms with Crippen LogP contribution in [0.1, 0.15) is 67.9 Å². The minimum atomic E-state index is -0.931. The van der Waals surface area contributed by atoms with Crippen molar-refractivity contribution >= 4 is 28.6 Å². The van der Waals surface area contributed by atoms with Crippen molar-refractivity contribution in [3.63, 3.8) is 0 Å². The lowest BCUT2D eigenvalue weighted by atomic mass is 9.77. The molecule has 1 atom stereocenters. The third-order valence-electron chi connectivity index (χ3n) is 7.91. The number of imidazole rings is 1. The summed E-state index contributed by atoms with van der Waals surface area (Å²) in [5.41, 5.74) is 2.37. The number of methoxy groups -OCH3 is 1. The highest BCUT2D eigenvalue weighted by atomic mass is 35.5. The van der Waals surface area contributed by atoms with Crippen LogP contribution in [0.5, 0.6) is 0 Å². The van der Waals surface area contributed by atoms with E-state index in [4.69, 9.17) is 26.1 Å². The molecule has 3 aromatic carbocycles. The van der Waals surface area contributed by atoms with Crippen LogP contribution < -0.4 is 0 Å². The number of benzene rings is 3. The van der Waals surface area contributed by atoms with Crippen molar-refractivity contribution in [2.45, 2.75) is 64.2 Å². The Balaban J connectivity index is 1.59. The molecule has 8 heteroatoms. The molecule has 0 aliphatic heterocycles. The Morgan fingerprint density at radius 2 is 1.68 bits per heavy atom. The number of carbonyl (C=O) groups excluding carboxylic acids is 1. The molecule has 5 rings (SSSR count). The third-order valence-corrected chi connectivity index (χ3v) is 8.16. The van der Waals surface area contributed by atoms with Crippen molar-refractivity contribution in [2.75, 3.05) is 7.11 Å². The lowest BCUT2D eigenvalue weighted by molar-refractivity contribution is -0.0836. The first kappa shape index (κ1) is 28.2. The molecular weight excluding hydrogens is 534 g/mol. The largest absolute Gasteiger partial charge is 0.465 e. The molecular formula is C32H33ClF2N2O3. The summed E-state index contributed by atoms with van der Waals surface area (Å²) < 4.78 is 42.5. The summed E-state index contributed by atoms with van der Waals surface area (Å²) in [6, 6.07) is 16.7. The molecule has 0 radical (unpaired) electrons. The smallest absolute Gasteiger partial charge is 0.337 e. The van der Waals surface area contributed by atoms with E-state index in [0.29, 0.717) is 34.1 Å². The van der Waals surface area contributed by atoms with Crippen molar-refractivity contribution in [3.8, 4) is 11.4 Å². The molecule has 40 heavy (non-hydrogen) atoms. The SMILES string of the molecule is COC(=O)c1ccc(COC(C)(C)C(C2CCCCC2)n2c(-c3ccc(Cl)cc3)nc3cc(F)c(F)cc32)cc1. The summed E-state index contributed by atoms with van der Waals surface area (Å²) in [6.45, 7) is 4.41. The molecule has 1 unspecified atom stereocenters. The lowest BCUT2D eigenvalue weighted by Crippen LogP contribution is -2.41. The van der Waals surface area contributed by atoms with Gasteiger partial charge in [0.1, 0.15) is 5.82 Å². The normalized spacial score (nSPS) is 15.3. The van der Waals surface area contributed by atoms with Gasteiger partial charge in [-0.15, -0.1) is 0 Å². The quantitative estimate of drug-likeness (QED) is 0.201. The number of ether oxygens (including phenoxy) is 2. The highest BCUT2D eigenvalue weighted by molar-refractivity contribution is 6.30. The van der Waals surface area contributed by atoms with Crippen molar-refractivity contribution in [2.24, 2.45) is 5.92 Å². The zero-order valence-electron chi connectivity index (χ0n) is 22.9. The fourth-order valence-corrected chi connectivity index (χ4v) is 6.05. The predicted octanol–water partition coefficient (Wildman–Crippen LogP) is 8.54. The minimum Gasteiger partial charge on any atom is -0.465 e. The zero-order chi connectivity index (χ0) is 28.4. The van der Waals surface area contributed by atoms with E-state index < -0.39 is 23.2 Å². The van der Waals surface area contributed by atoms with Gasteiger partial charge in [-0.1, -0.05) is 43.0 Å². The van der Waals surface area contributed by atoms with Crippen molar-refractivity contribution in [1.82, 2.24) is 9.55 Å². The lowest BCUT2D eigenvalue weighted by Gasteiger charge is -2.43. The summed E-state index contributed by atoms with van der Waals surface area (Å²) in [5.74, 6) is -1.38. The molecule has 0 amide bonds. The second-order valence-electron chi connectivity index (χ2n) is 11.0. The van der Waals surface area contributed by atoms with Crippen LogP contribution in [0.2, 0.25) is 5.02 Å². The standard InChI is InChI=1S/C32H33ClF2N2O3/c1-32(2,40-19-20-9-11-23(12-10-20)31(38)39-3)29(21-7-5-4-6-8-21)37-28-18-26(35)25(34)17-27(28)36-30(37)22-13-15-24(33)16-14-22/h9-18,21,29H,4-8,19H2,1-3H3. The monoisotopic (exact) mass is 566 g/mol. The van der Waals surface area contributed by atoms with Gasteiger partial charge in [-0.2, -0.15) is 0 Å². The van der Waals surface area contributed by atoms with Crippen molar-refractivity contribution in [1.29, 1.82) is 0 Å². The molecule has 5 nitrogen and oxygen atoms in total. The Labute approximate surface area is 238 Å². The number of fused-ring (bicyclic) bond motifs is 1.